The Morgan fingerprint density at radius 1 is 1.35 bits per heavy atom. The molecule has 1 saturated heterocycles. The van der Waals surface area contributed by atoms with Crippen LogP contribution in [0, 0.1) is 0 Å². The highest BCUT2D eigenvalue weighted by Crippen LogP contribution is 2.27. The predicted molar refractivity (Wildman–Crippen MR) is 74.9 cm³/mol. The van der Waals surface area contributed by atoms with E-state index in [9.17, 15) is 5.11 Å². The van der Waals surface area contributed by atoms with Crippen LogP contribution in [0.5, 0.6) is 0 Å². The van der Waals surface area contributed by atoms with Gasteiger partial charge in [-0.3, -0.25) is 0 Å². The monoisotopic (exact) mass is 313 g/mol. The normalized spacial score (nSPS) is 22.4. The fraction of sp³-hybridized carbons (Fsp3) is 0.385. The summed E-state index contributed by atoms with van der Waals surface area (Å²) in [5, 5.41) is 17.7. The molecule has 0 aliphatic carbocycles. The second-order valence-electron chi connectivity index (χ2n) is 4.78. The van der Waals surface area contributed by atoms with E-state index in [0.717, 1.165) is 5.56 Å². The maximum absolute atomic E-state index is 9.49. The molecule has 2 aromatic rings. The lowest BCUT2D eigenvalue weighted by atomic mass is 10.1. The highest BCUT2D eigenvalue weighted by Gasteiger charge is 2.28. The summed E-state index contributed by atoms with van der Waals surface area (Å²) in [5.41, 5.74) is 0.780. The quantitative estimate of drug-likeness (QED) is 0.910. The van der Waals surface area contributed by atoms with Crippen molar-refractivity contribution < 1.29 is 9.63 Å². The maximum Gasteiger partial charge on any atom is 0.243 e. The summed E-state index contributed by atoms with van der Waals surface area (Å²) in [5.74, 6) is 1.01. The Hall–Kier alpha value is -1.14. The summed E-state index contributed by atoms with van der Waals surface area (Å²) in [4.78, 5) is 4.34. The van der Waals surface area contributed by atoms with Gasteiger partial charge in [0.25, 0.3) is 0 Å². The van der Waals surface area contributed by atoms with Gasteiger partial charge in [0, 0.05) is 23.0 Å². The molecule has 0 radical (unpaired) electrons. The SMILES string of the molecule is O[C@@H]1CN[C@@H](c2nc(Cc3c(Cl)cccc3Cl)no2)C1. The van der Waals surface area contributed by atoms with E-state index in [1.54, 1.807) is 18.2 Å². The van der Waals surface area contributed by atoms with Crippen molar-refractivity contribution >= 4 is 23.2 Å². The molecule has 1 aliphatic rings. The van der Waals surface area contributed by atoms with Gasteiger partial charge in [0.05, 0.1) is 12.1 Å². The van der Waals surface area contributed by atoms with Crippen molar-refractivity contribution in [3.05, 3.63) is 45.5 Å². The van der Waals surface area contributed by atoms with Gasteiger partial charge in [-0.05, 0) is 24.1 Å². The average Bonchev–Trinajstić information content (AvgIpc) is 3.03. The van der Waals surface area contributed by atoms with Crippen LogP contribution in [-0.2, 0) is 6.42 Å². The van der Waals surface area contributed by atoms with Gasteiger partial charge in [-0.25, -0.2) is 0 Å². The lowest BCUT2D eigenvalue weighted by Crippen LogP contribution is -2.15. The third-order valence-electron chi connectivity index (χ3n) is 3.29. The Balaban J connectivity index is 1.77. The number of aliphatic hydroxyl groups is 1. The van der Waals surface area contributed by atoms with Crippen LogP contribution in [0.2, 0.25) is 10.0 Å². The molecule has 1 aromatic carbocycles. The maximum atomic E-state index is 9.49. The number of aliphatic hydroxyl groups excluding tert-OH is 1. The Labute approximate surface area is 125 Å². The fourth-order valence-electron chi connectivity index (χ4n) is 2.25. The zero-order chi connectivity index (χ0) is 14.1. The van der Waals surface area contributed by atoms with Crippen molar-refractivity contribution in [1.82, 2.24) is 15.5 Å². The zero-order valence-electron chi connectivity index (χ0n) is 10.5. The number of hydrogen-bond donors (Lipinski definition) is 2. The van der Waals surface area contributed by atoms with E-state index in [-0.39, 0.29) is 12.1 Å². The third-order valence-corrected chi connectivity index (χ3v) is 3.99. The van der Waals surface area contributed by atoms with Crippen molar-refractivity contribution in [3.63, 3.8) is 0 Å². The second-order valence-corrected chi connectivity index (χ2v) is 5.59. The molecule has 0 saturated carbocycles. The number of nitrogens with zero attached hydrogens (tertiary/aromatic N) is 2. The summed E-state index contributed by atoms with van der Waals surface area (Å²) in [6.07, 6.45) is 0.625. The number of benzene rings is 1. The van der Waals surface area contributed by atoms with Crippen LogP contribution < -0.4 is 5.32 Å². The predicted octanol–water partition coefficient (Wildman–Crippen LogP) is 2.36. The van der Waals surface area contributed by atoms with Gasteiger partial charge in [-0.15, -0.1) is 0 Å². The van der Waals surface area contributed by atoms with E-state index in [1.807, 2.05) is 0 Å². The number of aromatic nitrogens is 2. The van der Waals surface area contributed by atoms with E-state index in [0.29, 0.717) is 41.1 Å². The first-order valence-electron chi connectivity index (χ1n) is 6.30. The van der Waals surface area contributed by atoms with Crippen LogP contribution in [0.15, 0.2) is 22.7 Å². The Morgan fingerprint density at radius 3 is 2.75 bits per heavy atom. The zero-order valence-corrected chi connectivity index (χ0v) is 12.0. The topological polar surface area (TPSA) is 71.2 Å². The highest BCUT2D eigenvalue weighted by molar-refractivity contribution is 6.36. The highest BCUT2D eigenvalue weighted by atomic mass is 35.5. The van der Waals surface area contributed by atoms with Gasteiger partial charge in [-0.1, -0.05) is 34.4 Å². The van der Waals surface area contributed by atoms with Crippen LogP contribution >= 0.6 is 23.2 Å². The van der Waals surface area contributed by atoms with Crippen LogP contribution in [0.4, 0.5) is 0 Å². The minimum atomic E-state index is -0.367. The van der Waals surface area contributed by atoms with Crippen molar-refractivity contribution in [2.24, 2.45) is 0 Å². The van der Waals surface area contributed by atoms with Gasteiger partial charge in [0.2, 0.25) is 5.89 Å². The van der Waals surface area contributed by atoms with Gasteiger partial charge in [0.1, 0.15) is 0 Å². The molecule has 3 rings (SSSR count). The van der Waals surface area contributed by atoms with E-state index >= 15 is 0 Å². The second kappa shape index (κ2) is 5.69. The van der Waals surface area contributed by atoms with E-state index < -0.39 is 0 Å². The molecule has 7 heteroatoms. The summed E-state index contributed by atoms with van der Waals surface area (Å²) in [7, 11) is 0. The molecule has 2 heterocycles. The number of rotatable bonds is 3. The van der Waals surface area contributed by atoms with E-state index in [1.165, 1.54) is 0 Å². The molecular weight excluding hydrogens is 301 g/mol. The molecule has 1 aliphatic heterocycles. The first-order chi connectivity index (χ1) is 9.63. The van der Waals surface area contributed by atoms with Gasteiger partial charge < -0.3 is 14.9 Å². The number of nitrogens with one attached hydrogen (secondary N) is 1. The molecule has 1 fully saturated rings. The van der Waals surface area contributed by atoms with Crippen LogP contribution in [0.25, 0.3) is 0 Å². The van der Waals surface area contributed by atoms with Crippen molar-refractivity contribution in [2.45, 2.75) is 25.0 Å². The lowest BCUT2D eigenvalue weighted by Gasteiger charge is -2.03. The molecule has 0 spiro atoms. The largest absolute Gasteiger partial charge is 0.392 e. The van der Waals surface area contributed by atoms with E-state index in [4.69, 9.17) is 27.7 Å². The molecule has 5 nitrogen and oxygen atoms in total. The molecular formula is C13H13Cl2N3O2. The summed E-state index contributed by atoms with van der Waals surface area (Å²) >= 11 is 12.2. The summed E-state index contributed by atoms with van der Waals surface area (Å²) in [6.45, 7) is 0.540. The third kappa shape index (κ3) is 2.81. The summed E-state index contributed by atoms with van der Waals surface area (Å²) < 4.78 is 5.23. The molecule has 0 unspecified atom stereocenters. The van der Waals surface area contributed by atoms with Crippen LogP contribution in [0.3, 0.4) is 0 Å². The molecule has 20 heavy (non-hydrogen) atoms. The number of halogens is 2. The first-order valence-corrected chi connectivity index (χ1v) is 7.06. The molecule has 106 valence electrons. The van der Waals surface area contributed by atoms with Gasteiger partial charge in [-0.2, -0.15) is 4.98 Å². The molecule has 1 aromatic heterocycles. The number of β-amino-alcohol motifs (C(OH)–C–C–N with tert-alkyl or cyclic N) is 1. The Morgan fingerprint density at radius 2 is 2.10 bits per heavy atom. The molecule has 0 bridgehead atoms. The lowest BCUT2D eigenvalue weighted by molar-refractivity contribution is 0.191. The molecule has 2 atom stereocenters. The van der Waals surface area contributed by atoms with E-state index in [2.05, 4.69) is 15.5 Å². The first kappa shape index (κ1) is 13.8. The Kier molecular flexibility index (Phi) is 3.94. The van der Waals surface area contributed by atoms with Crippen LogP contribution in [-0.4, -0.2) is 27.9 Å². The van der Waals surface area contributed by atoms with Crippen molar-refractivity contribution in [2.75, 3.05) is 6.54 Å². The van der Waals surface area contributed by atoms with Gasteiger partial charge in [0.15, 0.2) is 5.82 Å². The molecule has 2 N–H and O–H groups in total. The Bertz CT molecular complexity index is 597. The van der Waals surface area contributed by atoms with Crippen LogP contribution in [0.1, 0.15) is 29.7 Å². The van der Waals surface area contributed by atoms with Crippen molar-refractivity contribution in [1.29, 1.82) is 0 Å². The van der Waals surface area contributed by atoms with Crippen molar-refractivity contribution in [3.8, 4) is 0 Å². The van der Waals surface area contributed by atoms with Gasteiger partial charge >= 0.3 is 0 Å². The molecule has 0 amide bonds. The smallest absolute Gasteiger partial charge is 0.243 e. The minimum absolute atomic E-state index is 0.0898. The average molecular weight is 314 g/mol. The minimum Gasteiger partial charge on any atom is -0.392 e. The number of hydrogen-bond acceptors (Lipinski definition) is 5. The fourth-order valence-corrected chi connectivity index (χ4v) is 2.78. The summed E-state index contributed by atoms with van der Waals surface area (Å²) in [6, 6.07) is 5.25. The standard InChI is InChI=1S/C13H13Cl2N3O2/c14-9-2-1-3-10(15)8(9)5-12-17-13(20-18-12)11-4-7(19)6-16-11/h1-3,7,11,16,19H,4-6H2/t7-,11+/m0/s1.